The van der Waals surface area contributed by atoms with Crippen LogP contribution in [0.15, 0.2) is 18.2 Å². The number of methoxy groups -OCH3 is 1. The Hall–Kier alpha value is -1.30. The van der Waals surface area contributed by atoms with Crippen LogP contribution in [0, 0.1) is 0 Å². The van der Waals surface area contributed by atoms with Gasteiger partial charge < -0.3 is 15.4 Å². The summed E-state index contributed by atoms with van der Waals surface area (Å²) in [6, 6.07) is 5.45. The van der Waals surface area contributed by atoms with Crippen molar-refractivity contribution in [2.75, 3.05) is 32.6 Å². The number of piperidine rings is 1. The van der Waals surface area contributed by atoms with Crippen molar-refractivity contribution in [3.05, 3.63) is 23.2 Å². The molecular formula is C16H24ClN3O2. The number of likely N-dealkylation sites (tertiary alicyclic amines) is 1. The first-order chi connectivity index (χ1) is 10.5. The highest BCUT2D eigenvalue weighted by Gasteiger charge is 2.27. The second-order valence-electron chi connectivity index (χ2n) is 5.63. The average molecular weight is 326 g/mol. The van der Waals surface area contributed by atoms with Crippen molar-refractivity contribution in [3.63, 3.8) is 0 Å². The zero-order valence-electron chi connectivity index (χ0n) is 13.4. The molecule has 1 aliphatic heterocycles. The quantitative estimate of drug-likeness (QED) is 0.872. The van der Waals surface area contributed by atoms with Gasteiger partial charge in [-0.1, -0.05) is 11.6 Å². The second-order valence-corrected chi connectivity index (χ2v) is 6.07. The number of halogens is 1. The summed E-state index contributed by atoms with van der Waals surface area (Å²) < 4.78 is 5.26. The lowest BCUT2D eigenvalue weighted by atomic mass is 10.0. The molecular weight excluding hydrogens is 302 g/mol. The van der Waals surface area contributed by atoms with Crippen LogP contribution < -0.4 is 15.4 Å². The van der Waals surface area contributed by atoms with E-state index in [1.807, 2.05) is 14.0 Å². The third kappa shape index (κ3) is 4.12. The molecule has 1 heterocycles. The Bertz CT molecular complexity index is 524. The van der Waals surface area contributed by atoms with Gasteiger partial charge in [0.15, 0.2) is 0 Å². The number of carbonyl (C=O) groups is 1. The van der Waals surface area contributed by atoms with Crippen LogP contribution in [0.4, 0.5) is 5.69 Å². The van der Waals surface area contributed by atoms with E-state index in [0.717, 1.165) is 25.9 Å². The van der Waals surface area contributed by atoms with E-state index in [9.17, 15) is 4.79 Å². The van der Waals surface area contributed by atoms with Gasteiger partial charge in [0.2, 0.25) is 5.91 Å². The monoisotopic (exact) mass is 325 g/mol. The number of ether oxygens (including phenoxy) is 1. The molecule has 6 heteroatoms. The maximum atomic E-state index is 12.5. The number of benzene rings is 1. The summed E-state index contributed by atoms with van der Waals surface area (Å²) in [5.74, 6) is 0.564. The summed E-state index contributed by atoms with van der Waals surface area (Å²) in [4.78, 5) is 14.7. The van der Waals surface area contributed by atoms with Crippen molar-refractivity contribution < 1.29 is 9.53 Å². The highest BCUT2D eigenvalue weighted by atomic mass is 35.5. The van der Waals surface area contributed by atoms with E-state index in [1.165, 1.54) is 0 Å². The second kappa shape index (κ2) is 7.81. The first kappa shape index (κ1) is 17.1. The molecule has 2 rings (SSSR count). The van der Waals surface area contributed by atoms with Gasteiger partial charge in [-0.05, 0) is 51.6 Å². The minimum absolute atomic E-state index is 0.0441. The lowest BCUT2D eigenvalue weighted by Gasteiger charge is -2.36. The Morgan fingerprint density at radius 3 is 2.95 bits per heavy atom. The third-order valence-electron chi connectivity index (χ3n) is 4.21. The Morgan fingerprint density at radius 1 is 1.50 bits per heavy atom. The molecule has 122 valence electrons. The normalized spacial score (nSPS) is 20.5. The predicted octanol–water partition coefficient (Wildman–Crippen LogP) is 2.36. The Labute approximate surface area is 137 Å². The van der Waals surface area contributed by atoms with Crippen molar-refractivity contribution in [3.8, 4) is 5.75 Å². The molecule has 5 nitrogen and oxygen atoms in total. The van der Waals surface area contributed by atoms with Crippen LogP contribution >= 0.6 is 11.6 Å². The predicted molar refractivity (Wildman–Crippen MR) is 89.8 cm³/mol. The smallest absolute Gasteiger partial charge is 0.241 e. The van der Waals surface area contributed by atoms with E-state index in [0.29, 0.717) is 22.5 Å². The summed E-state index contributed by atoms with van der Waals surface area (Å²) in [5.41, 5.74) is 0.606. The molecule has 1 aromatic carbocycles. The summed E-state index contributed by atoms with van der Waals surface area (Å²) >= 11 is 6.00. The summed E-state index contributed by atoms with van der Waals surface area (Å²) in [6.45, 7) is 3.77. The molecule has 0 saturated carbocycles. The van der Waals surface area contributed by atoms with Crippen LogP contribution in [0.5, 0.6) is 5.75 Å². The van der Waals surface area contributed by atoms with Crippen LogP contribution in [0.25, 0.3) is 0 Å². The number of rotatable bonds is 5. The summed E-state index contributed by atoms with van der Waals surface area (Å²) in [6.07, 6.45) is 2.26. The number of nitrogens with zero attached hydrogens (tertiary/aromatic N) is 1. The van der Waals surface area contributed by atoms with Gasteiger partial charge in [0.05, 0.1) is 18.8 Å². The standard InChI is InChI=1S/C16H24ClN3O2/c1-11(20-8-4-5-13(10-20)18-2)16(21)19-14-9-12(17)6-7-15(14)22-3/h6-7,9,11,13,18H,4-5,8,10H2,1-3H3,(H,19,21). The van der Waals surface area contributed by atoms with Crippen LogP contribution in [-0.4, -0.2) is 50.1 Å². The molecule has 22 heavy (non-hydrogen) atoms. The molecule has 1 amide bonds. The lowest BCUT2D eigenvalue weighted by Crippen LogP contribution is -2.51. The summed E-state index contributed by atoms with van der Waals surface area (Å²) in [5, 5.41) is 6.78. The van der Waals surface area contributed by atoms with Crippen molar-refractivity contribution in [1.29, 1.82) is 0 Å². The fraction of sp³-hybridized carbons (Fsp3) is 0.562. The van der Waals surface area contributed by atoms with E-state index < -0.39 is 0 Å². The van der Waals surface area contributed by atoms with E-state index in [1.54, 1.807) is 25.3 Å². The number of hydrogen-bond donors (Lipinski definition) is 2. The van der Waals surface area contributed by atoms with Crippen LogP contribution in [0.3, 0.4) is 0 Å². The third-order valence-corrected chi connectivity index (χ3v) is 4.44. The number of nitrogens with one attached hydrogen (secondary N) is 2. The van der Waals surface area contributed by atoms with Crippen LogP contribution in [-0.2, 0) is 4.79 Å². The maximum Gasteiger partial charge on any atom is 0.241 e. The molecule has 1 aromatic rings. The fourth-order valence-corrected chi connectivity index (χ4v) is 2.95. The van der Waals surface area contributed by atoms with Crippen molar-refractivity contribution in [1.82, 2.24) is 10.2 Å². The van der Waals surface area contributed by atoms with Gasteiger partial charge in [0, 0.05) is 17.6 Å². The molecule has 1 fully saturated rings. The number of hydrogen-bond acceptors (Lipinski definition) is 4. The zero-order valence-corrected chi connectivity index (χ0v) is 14.1. The van der Waals surface area contributed by atoms with Gasteiger partial charge in [0.25, 0.3) is 0 Å². The number of anilines is 1. The Balaban J connectivity index is 2.03. The van der Waals surface area contributed by atoms with Crippen LogP contribution in [0.2, 0.25) is 5.02 Å². The van der Waals surface area contributed by atoms with Crippen molar-refractivity contribution >= 4 is 23.2 Å². The van der Waals surface area contributed by atoms with E-state index in [4.69, 9.17) is 16.3 Å². The zero-order chi connectivity index (χ0) is 16.1. The lowest BCUT2D eigenvalue weighted by molar-refractivity contribution is -0.121. The van der Waals surface area contributed by atoms with Gasteiger partial charge in [-0.3, -0.25) is 9.69 Å². The fourth-order valence-electron chi connectivity index (χ4n) is 2.77. The molecule has 2 unspecified atom stereocenters. The molecule has 0 aliphatic carbocycles. The van der Waals surface area contributed by atoms with Gasteiger partial charge >= 0.3 is 0 Å². The van der Waals surface area contributed by atoms with Crippen molar-refractivity contribution in [2.45, 2.75) is 31.8 Å². The van der Waals surface area contributed by atoms with E-state index in [-0.39, 0.29) is 11.9 Å². The number of amides is 1. The molecule has 1 saturated heterocycles. The highest BCUT2D eigenvalue weighted by molar-refractivity contribution is 6.31. The molecule has 0 spiro atoms. The van der Waals surface area contributed by atoms with Gasteiger partial charge in [-0.2, -0.15) is 0 Å². The van der Waals surface area contributed by atoms with Crippen LogP contribution in [0.1, 0.15) is 19.8 Å². The number of carbonyl (C=O) groups excluding carboxylic acids is 1. The molecule has 0 bridgehead atoms. The molecule has 2 atom stereocenters. The number of likely N-dealkylation sites (N-methyl/N-ethyl adjacent to an activating group) is 1. The minimum Gasteiger partial charge on any atom is -0.495 e. The average Bonchev–Trinajstić information content (AvgIpc) is 2.54. The molecule has 1 aliphatic rings. The van der Waals surface area contributed by atoms with Gasteiger partial charge in [-0.15, -0.1) is 0 Å². The first-order valence-electron chi connectivity index (χ1n) is 7.61. The highest BCUT2D eigenvalue weighted by Crippen LogP contribution is 2.28. The van der Waals surface area contributed by atoms with Gasteiger partial charge in [-0.25, -0.2) is 0 Å². The van der Waals surface area contributed by atoms with Gasteiger partial charge in [0.1, 0.15) is 5.75 Å². The van der Waals surface area contributed by atoms with E-state index >= 15 is 0 Å². The Kier molecular flexibility index (Phi) is 6.06. The SMILES string of the molecule is CNC1CCCN(C(C)C(=O)Nc2cc(Cl)ccc2OC)C1. The maximum absolute atomic E-state index is 12.5. The Morgan fingerprint density at radius 2 is 2.27 bits per heavy atom. The summed E-state index contributed by atoms with van der Waals surface area (Å²) in [7, 11) is 3.54. The minimum atomic E-state index is -0.195. The molecule has 2 N–H and O–H groups in total. The first-order valence-corrected chi connectivity index (χ1v) is 7.98. The van der Waals surface area contributed by atoms with Crippen molar-refractivity contribution in [2.24, 2.45) is 0 Å². The largest absolute Gasteiger partial charge is 0.495 e. The van der Waals surface area contributed by atoms with E-state index in [2.05, 4.69) is 15.5 Å². The topological polar surface area (TPSA) is 53.6 Å². The molecule has 0 radical (unpaired) electrons. The molecule has 0 aromatic heterocycles.